The van der Waals surface area contributed by atoms with Crippen LogP contribution in [0.5, 0.6) is 0 Å². The van der Waals surface area contributed by atoms with Gasteiger partial charge in [-0.15, -0.1) is 0 Å². The number of nitrogens with one attached hydrogen (secondary N) is 1. The molecule has 2 N–H and O–H groups in total. The topological polar surface area (TPSA) is 121 Å². The van der Waals surface area contributed by atoms with Gasteiger partial charge in [-0.05, 0) is 86.1 Å². The lowest BCUT2D eigenvalue weighted by Gasteiger charge is -2.18. The van der Waals surface area contributed by atoms with Gasteiger partial charge >= 0.3 is 5.43 Å². The van der Waals surface area contributed by atoms with Gasteiger partial charge < -0.3 is 20.3 Å². The fraction of sp³-hybridized carbons (Fsp3) is 0.325. The first kappa shape index (κ1) is 31.5. The van der Waals surface area contributed by atoms with Gasteiger partial charge in [-0.25, -0.2) is 15.0 Å². The molecule has 0 saturated carbocycles. The molecule has 0 aromatic heterocycles. The van der Waals surface area contributed by atoms with Gasteiger partial charge in [-0.2, -0.15) is 0 Å². The van der Waals surface area contributed by atoms with Crippen LogP contribution in [0.15, 0.2) is 147 Å². The molecule has 1 aliphatic carbocycles. The second-order valence-electron chi connectivity index (χ2n) is 13.1. The Morgan fingerprint density at radius 3 is 2.35 bits per heavy atom. The first-order valence-corrected chi connectivity index (χ1v) is 16.8. The Morgan fingerprint density at radius 1 is 0.958 bits per heavy atom. The maximum Gasteiger partial charge on any atom is 0.343 e. The molecule has 1 aromatic rings. The van der Waals surface area contributed by atoms with E-state index in [-0.39, 0.29) is 24.0 Å². The fourth-order valence-corrected chi connectivity index (χ4v) is 7.60. The monoisotopic (exact) mass is 640 g/mol. The molecule has 0 radical (unpaired) electrons. The number of allylic oxidation sites excluding steroid dienone is 12. The predicted octanol–water partition coefficient (Wildman–Crippen LogP) is 6.17. The van der Waals surface area contributed by atoms with Crippen LogP contribution >= 0.6 is 0 Å². The minimum atomic E-state index is -1.07. The number of aliphatic imine (C=N–C) groups is 3. The van der Waals surface area contributed by atoms with Crippen LogP contribution in [-0.4, -0.2) is 34.8 Å². The van der Waals surface area contributed by atoms with Gasteiger partial charge in [0.15, 0.2) is 0 Å². The van der Waals surface area contributed by atoms with Crippen molar-refractivity contribution < 1.29 is 15.0 Å². The summed E-state index contributed by atoms with van der Waals surface area (Å²) in [5.74, 6) is -0.915. The average molecular weight is 641 g/mol. The molecule has 0 spiro atoms. The zero-order chi connectivity index (χ0) is 33.7. The summed E-state index contributed by atoms with van der Waals surface area (Å²) in [5.41, 5.74) is 14.7. The van der Waals surface area contributed by atoms with Gasteiger partial charge in [0, 0.05) is 58.9 Å². The van der Waals surface area contributed by atoms with E-state index in [1.165, 1.54) is 0 Å². The second kappa shape index (κ2) is 12.5. The van der Waals surface area contributed by atoms with Crippen molar-refractivity contribution in [2.45, 2.75) is 66.7 Å². The first-order valence-electron chi connectivity index (χ1n) is 16.8. The van der Waals surface area contributed by atoms with Crippen LogP contribution in [0.3, 0.4) is 0 Å². The van der Waals surface area contributed by atoms with Crippen molar-refractivity contribution in [1.29, 1.82) is 0 Å². The van der Waals surface area contributed by atoms with E-state index in [9.17, 15) is 15.0 Å². The minimum absolute atomic E-state index is 0.0156. The summed E-state index contributed by atoms with van der Waals surface area (Å²) < 4.78 is 6.17. The van der Waals surface area contributed by atoms with Crippen LogP contribution in [0.2, 0.25) is 0 Å². The number of fused-ring (bicyclic) bond motifs is 5. The second-order valence-corrected chi connectivity index (χ2v) is 13.1. The van der Waals surface area contributed by atoms with Crippen molar-refractivity contribution in [2.24, 2.45) is 26.8 Å². The van der Waals surface area contributed by atoms with E-state index >= 15 is 0 Å². The Kier molecular flexibility index (Phi) is 8.19. The number of rotatable bonds is 7. The summed E-state index contributed by atoms with van der Waals surface area (Å²) in [4.78, 5) is 27.0. The maximum atomic E-state index is 11.6. The Labute approximate surface area is 280 Å². The van der Waals surface area contributed by atoms with Crippen LogP contribution in [0.4, 0.5) is 0 Å². The molecule has 6 aliphatic rings. The molecule has 1 aromatic carbocycles. The van der Waals surface area contributed by atoms with E-state index < -0.39 is 5.97 Å². The van der Waals surface area contributed by atoms with Crippen LogP contribution in [-0.2, 0) is 4.79 Å². The van der Waals surface area contributed by atoms with Crippen LogP contribution in [0.25, 0.3) is 0 Å². The normalized spacial score (nSPS) is 22.9. The number of carboxylic acids is 1. The van der Waals surface area contributed by atoms with Crippen molar-refractivity contribution in [1.82, 2.24) is 5.32 Å². The molecule has 8 bridgehead atoms. The quantitative estimate of drug-likeness (QED) is 0.346. The average Bonchev–Trinajstić information content (AvgIpc) is 3.74. The SMILES string of the molecule is CCC1=C(C)C2=NC1=CC1=C(C)C3=C(O)CC(=C4NC(=CC5=NC(=C2)C(CC[O+]=c2cccccc2)=C5C)[C@@H](C)[C@@H]4CCC(=O)[O-])C3=N1. The predicted molar refractivity (Wildman–Crippen MR) is 188 cm³/mol. The summed E-state index contributed by atoms with van der Waals surface area (Å²) >= 11 is 0. The van der Waals surface area contributed by atoms with Gasteiger partial charge in [0.25, 0.3) is 6.61 Å². The van der Waals surface area contributed by atoms with Gasteiger partial charge in [-0.3, -0.25) is 4.42 Å². The minimum Gasteiger partial charge on any atom is -0.550 e. The summed E-state index contributed by atoms with van der Waals surface area (Å²) in [6.07, 6.45) is 8.39. The van der Waals surface area contributed by atoms with Gasteiger partial charge in [0.05, 0.1) is 40.6 Å². The molecule has 7 rings (SSSR count). The van der Waals surface area contributed by atoms with E-state index in [0.717, 1.165) is 96.5 Å². The van der Waals surface area contributed by atoms with Gasteiger partial charge in [0.2, 0.25) is 0 Å². The summed E-state index contributed by atoms with van der Waals surface area (Å²) in [5, 5.41) is 26.5. The highest BCUT2D eigenvalue weighted by Crippen LogP contribution is 2.46. The number of carbonyl (C=O) groups excluding carboxylic acids is 1. The lowest BCUT2D eigenvalue weighted by Crippen LogP contribution is -2.24. The Morgan fingerprint density at radius 2 is 1.65 bits per heavy atom. The van der Waals surface area contributed by atoms with Crippen LogP contribution in [0, 0.1) is 11.8 Å². The number of carboxylic acid groups (broad SMARTS) is 1. The first-order chi connectivity index (χ1) is 23.1. The zero-order valence-electron chi connectivity index (χ0n) is 28.1. The largest absolute Gasteiger partial charge is 0.550 e. The molecule has 2 atom stereocenters. The van der Waals surface area contributed by atoms with Crippen molar-refractivity contribution >= 4 is 23.1 Å². The van der Waals surface area contributed by atoms with E-state index in [1.807, 2.05) is 49.4 Å². The number of carbonyl (C=O) groups is 1. The van der Waals surface area contributed by atoms with Crippen molar-refractivity contribution in [3.05, 3.63) is 138 Å². The molecule has 244 valence electrons. The van der Waals surface area contributed by atoms with Gasteiger partial charge in [-0.1, -0.05) is 38.1 Å². The number of hydrogen-bond donors (Lipinski definition) is 2. The molecule has 48 heavy (non-hydrogen) atoms. The molecule has 5 heterocycles. The Bertz CT molecular complexity index is 2070. The molecule has 8 nitrogen and oxygen atoms in total. The standard InChI is InChI=1S/C40H40N4O4/c1-6-26-21(2)31-19-35-27(15-16-48-25-11-9-7-8-10-12-25)22(3)30(42-35)18-32-23(4)28(13-14-37(46)47)39(43-32)29-17-36(45)38-24(5)33(44-40(29)38)20-34(26)41-31/h7-12,18-20,23,28H,6,13-17H2,1-5H3,(H2-,41,42,43,44,45,46,47)/t23-,28-/m0/s1. The van der Waals surface area contributed by atoms with Crippen LogP contribution in [0.1, 0.15) is 66.7 Å². The molecular weight excluding hydrogens is 600 g/mol. The third-order valence-corrected chi connectivity index (χ3v) is 10.3. The van der Waals surface area contributed by atoms with Crippen LogP contribution < -0.4 is 15.9 Å². The third kappa shape index (κ3) is 5.49. The number of aliphatic carboxylic acids is 1. The molecule has 0 unspecified atom stereocenters. The summed E-state index contributed by atoms with van der Waals surface area (Å²) in [6, 6.07) is 11.8. The van der Waals surface area contributed by atoms with Crippen molar-refractivity contribution in [2.75, 3.05) is 6.61 Å². The molecule has 1 saturated heterocycles. The Hall–Kier alpha value is -5.11. The highest BCUT2D eigenvalue weighted by atomic mass is 16.4. The molecule has 0 amide bonds. The highest BCUT2D eigenvalue weighted by Gasteiger charge is 2.41. The van der Waals surface area contributed by atoms with Gasteiger partial charge in [0.1, 0.15) is 5.76 Å². The molecule has 5 aliphatic heterocycles. The maximum absolute atomic E-state index is 11.6. The summed E-state index contributed by atoms with van der Waals surface area (Å²) in [7, 11) is 0. The summed E-state index contributed by atoms with van der Waals surface area (Å²) in [6.45, 7) is 11.0. The fourth-order valence-electron chi connectivity index (χ4n) is 7.60. The Balaban J connectivity index is 1.40. The van der Waals surface area contributed by atoms with E-state index in [1.54, 1.807) is 0 Å². The van der Waals surface area contributed by atoms with Crippen molar-refractivity contribution in [3.8, 4) is 0 Å². The number of nitrogens with zero attached hydrogens (tertiary/aromatic N) is 3. The number of hydrogen-bond acceptors (Lipinski definition) is 7. The van der Waals surface area contributed by atoms with Crippen molar-refractivity contribution in [3.63, 3.8) is 0 Å². The number of aliphatic hydroxyl groups is 1. The number of aliphatic hydroxyl groups excluding tert-OH is 1. The molecular formula is C40H40N4O4. The van der Waals surface area contributed by atoms with E-state index in [0.29, 0.717) is 25.9 Å². The smallest absolute Gasteiger partial charge is 0.343 e. The highest BCUT2D eigenvalue weighted by molar-refractivity contribution is 6.21. The zero-order valence-corrected chi connectivity index (χ0v) is 28.1. The van der Waals surface area contributed by atoms with E-state index in [2.05, 4.69) is 45.2 Å². The lowest BCUT2D eigenvalue weighted by atomic mass is 9.86. The lowest BCUT2D eigenvalue weighted by molar-refractivity contribution is -0.306. The third-order valence-electron chi connectivity index (χ3n) is 10.3. The molecule has 8 heteroatoms. The van der Waals surface area contributed by atoms with E-state index in [4.69, 9.17) is 19.4 Å². The molecule has 1 fully saturated rings.